The molecule has 0 aliphatic carbocycles. The van der Waals surface area contributed by atoms with Gasteiger partial charge in [0.1, 0.15) is 11.5 Å². The summed E-state index contributed by atoms with van der Waals surface area (Å²) < 4.78 is 0. The van der Waals surface area contributed by atoms with Gasteiger partial charge in [-0.15, -0.1) is 0 Å². The first-order valence-corrected chi connectivity index (χ1v) is 5.57. The number of likely N-dealkylation sites (tertiary alicyclic amines) is 1. The number of amides is 1. The molecule has 1 heterocycles. The van der Waals surface area contributed by atoms with Gasteiger partial charge in [-0.1, -0.05) is 0 Å². The number of aromatic hydroxyl groups is 2. The Kier molecular flexibility index (Phi) is 3.19. The third kappa shape index (κ3) is 2.68. The lowest BCUT2D eigenvalue weighted by Gasteiger charge is -2.13. The monoisotopic (exact) mass is 236 g/mol. The number of hydrogen-bond donors (Lipinski definition) is 3. The van der Waals surface area contributed by atoms with Crippen molar-refractivity contribution in [3.63, 3.8) is 0 Å². The van der Waals surface area contributed by atoms with E-state index in [1.165, 1.54) is 12.1 Å². The van der Waals surface area contributed by atoms with Crippen LogP contribution in [-0.2, 0) is 0 Å². The fourth-order valence-corrected chi connectivity index (χ4v) is 2.03. The summed E-state index contributed by atoms with van der Waals surface area (Å²) in [5.41, 5.74) is 0.192. The number of carbonyl (C=O) groups excluding carboxylic acids is 1. The van der Waals surface area contributed by atoms with Gasteiger partial charge in [-0.25, -0.2) is 0 Å². The molecule has 0 radical (unpaired) electrons. The number of likely N-dealkylation sites (N-methyl/N-ethyl adjacent to an activating group) is 1. The maximum Gasteiger partial charge on any atom is 0.255 e. The quantitative estimate of drug-likeness (QED) is 0.700. The Morgan fingerprint density at radius 3 is 2.82 bits per heavy atom. The summed E-state index contributed by atoms with van der Waals surface area (Å²) in [6, 6.07) is 4.09. The van der Waals surface area contributed by atoms with Crippen LogP contribution in [0.15, 0.2) is 18.2 Å². The summed E-state index contributed by atoms with van der Waals surface area (Å²) in [5.74, 6) is -0.559. The van der Waals surface area contributed by atoms with Crippen LogP contribution in [0.2, 0.25) is 0 Å². The molecule has 0 spiro atoms. The number of carbonyl (C=O) groups is 1. The third-order valence-corrected chi connectivity index (χ3v) is 2.95. The van der Waals surface area contributed by atoms with E-state index in [9.17, 15) is 9.90 Å². The molecule has 1 aromatic carbocycles. The highest BCUT2D eigenvalue weighted by Gasteiger charge is 2.22. The number of phenols is 2. The van der Waals surface area contributed by atoms with E-state index in [-0.39, 0.29) is 29.0 Å². The average Bonchev–Trinajstić information content (AvgIpc) is 2.63. The molecule has 1 aliphatic rings. The highest BCUT2D eigenvalue weighted by molar-refractivity contribution is 5.97. The number of nitrogens with one attached hydrogen (secondary N) is 1. The topological polar surface area (TPSA) is 72.8 Å². The maximum absolute atomic E-state index is 11.9. The van der Waals surface area contributed by atoms with E-state index in [0.717, 1.165) is 25.6 Å². The standard InChI is InChI=1S/C12H16N2O3/c1-14-5-4-8(7-14)13-12(17)10-3-2-9(15)6-11(10)16/h2-3,6,8,15-16H,4-5,7H2,1H3,(H,13,17). The van der Waals surface area contributed by atoms with Gasteiger partial charge < -0.3 is 20.4 Å². The molecule has 1 saturated heterocycles. The molecule has 1 aliphatic heterocycles. The van der Waals surface area contributed by atoms with Gasteiger partial charge in [0.25, 0.3) is 5.91 Å². The Hall–Kier alpha value is -1.75. The minimum absolute atomic E-state index is 0.0559. The van der Waals surface area contributed by atoms with Crippen molar-refractivity contribution in [2.45, 2.75) is 12.5 Å². The Labute approximate surface area is 99.7 Å². The van der Waals surface area contributed by atoms with E-state index in [2.05, 4.69) is 10.2 Å². The lowest BCUT2D eigenvalue weighted by Crippen LogP contribution is -2.36. The molecule has 1 amide bonds. The van der Waals surface area contributed by atoms with Crippen molar-refractivity contribution < 1.29 is 15.0 Å². The van der Waals surface area contributed by atoms with Crippen LogP contribution in [0, 0.1) is 0 Å². The van der Waals surface area contributed by atoms with Crippen LogP contribution < -0.4 is 5.32 Å². The molecule has 1 aromatic rings. The zero-order valence-electron chi connectivity index (χ0n) is 9.68. The first kappa shape index (κ1) is 11.7. The summed E-state index contributed by atoms with van der Waals surface area (Å²) in [6.07, 6.45) is 0.918. The zero-order chi connectivity index (χ0) is 12.4. The molecule has 1 atom stereocenters. The second-order valence-corrected chi connectivity index (χ2v) is 4.42. The van der Waals surface area contributed by atoms with Crippen LogP contribution in [0.25, 0.3) is 0 Å². The fraction of sp³-hybridized carbons (Fsp3) is 0.417. The number of rotatable bonds is 2. The SMILES string of the molecule is CN1CCC(NC(=O)c2ccc(O)cc2O)C1. The minimum Gasteiger partial charge on any atom is -0.508 e. The summed E-state index contributed by atoms with van der Waals surface area (Å²) in [5, 5.41) is 21.6. The number of hydrogen-bond acceptors (Lipinski definition) is 4. The van der Waals surface area contributed by atoms with Gasteiger partial charge in [0.15, 0.2) is 0 Å². The Balaban J connectivity index is 2.04. The Bertz CT molecular complexity index is 434. The number of nitrogens with zero attached hydrogens (tertiary/aromatic N) is 1. The van der Waals surface area contributed by atoms with Crippen molar-refractivity contribution in [1.82, 2.24) is 10.2 Å². The van der Waals surface area contributed by atoms with Crippen LogP contribution in [-0.4, -0.2) is 47.2 Å². The van der Waals surface area contributed by atoms with Gasteiger partial charge >= 0.3 is 0 Å². The molecule has 92 valence electrons. The summed E-state index contributed by atoms with van der Waals surface area (Å²) >= 11 is 0. The lowest BCUT2D eigenvalue weighted by atomic mass is 10.1. The smallest absolute Gasteiger partial charge is 0.255 e. The summed E-state index contributed by atoms with van der Waals surface area (Å²) in [7, 11) is 2.00. The molecule has 0 aromatic heterocycles. The van der Waals surface area contributed by atoms with Gasteiger partial charge in [-0.05, 0) is 32.1 Å². The molecule has 0 bridgehead atoms. The molecule has 3 N–H and O–H groups in total. The molecule has 5 nitrogen and oxygen atoms in total. The predicted molar refractivity (Wildman–Crippen MR) is 63.1 cm³/mol. The van der Waals surface area contributed by atoms with Crippen molar-refractivity contribution in [2.24, 2.45) is 0 Å². The Morgan fingerprint density at radius 2 is 2.24 bits per heavy atom. The third-order valence-electron chi connectivity index (χ3n) is 2.95. The van der Waals surface area contributed by atoms with E-state index >= 15 is 0 Å². The minimum atomic E-state index is -0.303. The zero-order valence-corrected chi connectivity index (χ0v) is 9.68. The highest BCUT2D eigenvalue weighted by Crippen LogP contribution is 2.22. The largest absolute Gasteiger partial charge is 0.508 e. The molecular weight excluding hydrogens is 220 g/mol. The van der Waals surface area contributed by atoms with Gasteiger partial charge in [-0.2, -0.15) is 0 Å². The second-order valence-electron chi connectivity index (χ2n) is 4.42. The van der Waals surface area contributed by atoms with Crippen molar-refractivity contribution >= 4 is 5.91 Å². The fourth-order valence-electron chi connectivity index (χ4n) is 2.03. The van der Waals surface area contributed by atoms with Crippen LogP contribution in [0.1, 0.15) is 16.8 Å². The van der Waals surface area contributed by atoms with Crippen LogP contribution in [0.3, 0.4) is 0 Å². The Morgan fingerprint density at radius 1 is 1.47 bits per heavy atom. The van der Waals surface area contributed by atoms with Crippen LogP contribution in [0.4, 0.5) is 0 Å². The van der Waals surface area contributed by atoms with E-state index in [4.69, 9.17) is 5.11 Å². The normalized spacial score (nSPS) is 20.4. The van der Waals surface area contributed by atoms with Crippen molar-refractivity contribution in [3.8, 4) is 11.5 Å². The van der Waals surface area contributed by atoms with E-state index in [1.54, 1.807) is 0 Å². The molecular formula is C12H16N2O3. The first-order chi connectivity index (χ1) is 8.06. The van der Waals surface area contributed by atoms with Crippen LogP contribution in [0.5, 0.6) is 11.5 Å². The molecule has 2 rings (SSSR count). The molecule has 5 heteroatoms. The average molecular weight is 236 g/mol. The predicted octanol–water partition coefficient (Wildman–Crippen LogP) is 0.532. The van der Waals surface area contributed by atoms with Crippen molar-refractivity contribution in [2.75, 3.05) is 20.1 Å². The van der Waals surface area contributed by atoms with Crippen LogP contribution >= 0.6 is 0 Å². The summed E-state index contributed by atoms with van der Waals surface area (Å²) in [6.45, 7) is 1.79. The van der Waals surface area contributed by atoms with Crippen molar-refractivity contribution in [1.29, 1.82) is 0 Å². The molecule has 1 fully saturated rings. The number of phenolic OH excluding ortho intramolecular Hbond substituents is 2. The van der Waals surface area contributed by atoms with Gasteiger partial charge in [0.2, 0.25) is 0 Å². The van der Waals surface area contributed by atoms with Gasteiger partial charge in [0.05, 0.1) is 5.56 Å². The maximum atomic E-state index is 11.9. The molecule has 17 heavy (non-hydrogen) atoms. The molecule has 0 saturated carbocycles. The highest BCUT2D eigenvalue weighted by atomic mass is 16.3. The second kappa shape index (κ2) is 4.63. The lowest BCUT2D eigenvalue weighted by molar-refractivity contribution is 0.0935. The van der Waals surface area contributed by atoms with Crippen molar-refractivity contribution in [3.05, 3.63) is 23.8 Å². The van der Waals surface area contributed by atoms with Gasteiger partial charge in [-0.3, -0.25) is 4.79 Å². The number of benzene rings is 1. The van der Waals surface area contributed by atoms with E-state index in [1.807, 2.05) is 7.05 Å². The molecule has 1 unspecified atom stereocenters. The van der Waals surface area contributed by atoms with E-state index in [0.29, 0.717) is 0 Å². The van der Waals surface area contributed by atoms with Gasteiger partial charge in [0, 0.05) is 18.7 Å². The summed E-state index contributed by atoms with van der Waals surface area (Å²) in [4.78, 5) is 14.0. The first-order valence-electron chi connectivity index (χ1n) is 5.57. The van der Waals surface area contributed by atoms with E-state index < -0.39 is 0 Å².